The lowest BCUT2D eigenvalue weighted by Gasteiger charge is -2.01. The van der Waals surface area contributed by atoms with Gasteiger partial charge in [0.1, 0.15) is 0 Å². The van der Waals surface area contributed by atoms with Gasteiger partial charge in [0.25, 0.3) is 11.1 Å². The van der Waals surface area contributed by atoms with Crippen LogP contribution < -0.4 is 11.1 Å². The normalized spacial score (nSPS) is 10.9. The molecular formula is C14H14N2O2. The minimum Gasteiger partial charge on any atom is -0.312 e. The Morgan fingerprint density at radius 3 is 1.61 bits per heavy atom. The fraction of sp³-hybridized carbons (Fsp3) is 0.143. The third kappa shape index (κ3) is 3.07. The molecule has 0 fully saturated rings. The van der Waals surface area contributed by atoms with E-state index in [1.165, 1.54) is 12.1 Å². The van der Waals surface area contributed by atoms with Crippen LogP contribution in [0.1, 0.15) is 0 Å². The molecule has 0 aromatic carbocycles. The monoisotopic (exact) mass is 242 g/mol. The highest BCUT2D eigenvalue weighted by atomic mass is 16.1. The number of nitrogens with zero attached hydrogens (tertiary/aromatic N) is 2. The molecule has 0 bridgehead atoms. The predicted molar refractivity (Wildman–Crippen MR) is 70.5 cm³/mol. The Labute approximate surface area is 104 Å². The standard InChI is InChI=1S/C14H14N2O2/c17-13-7-1-3-9-15(13)11-5-6-12-16-10-4-2-8-14(16)18/h1-10H,11-12H2/b6-5-. The van der Waals surface area contributed by atoms with Crippen molar-refractivity contribution in [1.82, 2.24) is 9.13 Å². The molecule has 2 heterocycles. The third-order valence-corrected chi connectivity index (χ3v) is 2.57. The van der Waals surface area contributed by atoms with Crippen LogP contribution in [0.25, 0.3) is 0 Å². The Morgan fingerprint density at radius 1 is 0.778 bits per heavy atom. The Morgan fingerprint density at radius 2 is 1.22 bits per heavy atom. The molecule has 2 aromatic rings. The van der Waals surface area contributed by atoms with Gasteiger partial charge in [0.15, 0.2) is 0 Å². The molecule has 0 aliphatic rings. The molecule has 2 rings (SSSR count). The molecule has 0 saturated heterocycles. The van der Waals surface area contributed by atoms with Crippen LogP contribution in [0.15, 0.2) is 70.5 Å². The maximum atomic E-state index is 11.4. The second-order valence-corrected chi connectivity index (χ2v) is 3.85. The van der Waals surface area contributed by atoms with Crippen molar-refractivity contribution in [2.24, 2.45) is 0 Å². The Bertz CT molecular complexity index is 595. The number of allylic oxidation sites excluding steroid dienone is 2. The Hall–Kier alpha value is -2.36. The van der Waals surface area contributed by atoms with Crippen molar-refractivity contribution < 1.29 is 0 Å². The van der Waals surface area contributed by atoms with Crippen LogP contribution in [-0.2, 0) is 13.1 Å². The van der Waals surface area contributed by atoms with Gasteiger partial charge in [-0.2, -0.15) is 0 Å². The zero-order valence-corrected chi connectivity index (χ0v) is 9.90. The van der Waals surface area contributed by atoms with Gasteiger partial charge in [-0.15, -0.1) is 0 Å². The topological polar surface area (TPSA) is 44.0 Å². The van der Waals surface area contributed by atoms with E-state index in [4.69, 9.17) is 0 Å². The summed E-state index contributed by atoms with van der Waals surface area (Å²) < 4.78 is 3.20. The zero-order valence-electron chi connectivity index (χ0n) is 9.90. The summed E-state index contributed by atoms with van der Waals surface area (Å²) in [4.78, 5) is 22.8. The molecule has 0 atom stereocenters. The van der Waals surface area contributed by atoms with Crippen LogP contribution in [0.3, 0.4) is 0 Å². The van der Waals surface area contributed by atoms with Crippen molar-refractivity contribution in [3.05, 3.63) is 81.7 Å². The van der Waals surface area contributed by atoms with Gasteiger partial charge in [0, 0.05) is 37.6 Å². The van der Waals surface area contributed by atoms with E-state index in [0.717, 1.165) is 0 Å². The van der Waals surface area contributed by atoms with Gasteiger partial charge in [-0.25, -0.2) is 0 Å². The van der Waals surface area contributed by atoms with Crippen LogP contribution in [0.2, 0.25) is 0 Å². The van der Waals surface area contributed by atoms with E-state index >= 15 is 0 Å². The molecule has 92 valence electrons. The van der Waals surface area contributed by atoms with Crippen molar-refractivity contribution in [3.8, 4) is 0 Å². The van der Waals surface area contributed by atoms with E-state index < -0.39 is 0 Å². The minimum atomic E-state index is -0.0287. The summed E-state index contributed by atoms with van der Waals surface area (Å²) in [6.45, 7) is 1.03. The van der Waals surface area contributed by atoms with Gasteiger partial charge in [-0.05, 0) is 12.1 Å². The lowest BCUT2D eigenvalue weighted by molar-refractivity contribution is 0.752. The van der Waals surface area contributed by atoms with Crippen LogP contribution in [0.5, 0.6) is 0 Å². The average molecular weight is 242 g/mol. The molecule has 0 aliphatic carbocycles. The van der Waals surface area contributed by atoms with E-state index in [-0.39, 0.29) is 11.1 Å². The molecule has 0 saturated carbocycles. The lowest BCUT2D eigenvalue weighted by atomic mass is 10.4. The highest BCUT2D eigenvalue weighted by Crippen LogP contribution is 1.87. The van der Waals surface area contributed by atoms with E-state index in [1.54, 1.807) is 33.7 Å². The van der Waals surface area contributed by atoms with E-state index in [9.17, 15) is 9.59 Å². The summed E-state index contributed by atoms with van der Waals surface area (Å²) >= 11 is 0. The Balaban J connectivity index is 1.98. The molecular weight excluding hydrogens is 228 g/mol. The predicted octanol–water partition coefficient (Wildman–Crippen LogP) is 1.27. The van der Waals surface area contributed by atoms with Crippen molar-refractivity contribution in [2.45, 2.75) is 13.1 Å². The number of rotatable bonds is 4. The molecule has 4 heteroatoms. The first-order chi connectivity index (χ1) is 8.77. The third-order valence-electron chi connectivity index (χ3n) is 2.57. The quantitative estimate of drug-likeness (QED) is 0.758. The van der Waals surface area contributed by atoms with E-state index in [2.05, 4.69) is 0 Å². The molecule has 0 spiro atoms. The maximum Gasteiger partial charge on any atom is 0.250 e. The fourth-order valence-electron chi connectivity index (χ4n) is 1.60. The van der Waals surface area contributed by atoms with Crippen LogP contribution in [0, 0.1) is 0 Å². The SMILES string of the molecule is O=c1ccccn1C/C=C\Cn1ccccc1=O. The fourth-order valence-corrected chi connectivity index (χ4v) is 1.60. The van der Waals surface area contributed by atoms with Gasteiger partial charge in [0.2, 0.25) is 0 Å². The van der Waals surface area contributed by atoms with Gasteiger partial charge < -0.3 is 9.13 Å². The molecule has 0 radical (unpaired) electrons. The second-order valence-electron chi connectivity index (χ2n) is 3.85. The molecule has 0 amide bonds. The molecule has 0 unspecified atom stereocenters. The average Bonchev–Trinajstić information content (AvgIpc) is 2.38. The molecule has 18 heavy (non-hydrogen) atoms. The molecule has 0 aliphatic heterocycles. The highest BCUT2D eigenvalue weighted by molar-refractivity contribution is 4.97. The largest absolute Gasteiger partial charge is 0.312 e. The first-order valence-corrected chi connectivity index (χ1v) is 5.73. The smallest absolute Gasteiger partial charge is 0.250 e. The van der Waals surface area contributed by atoms with Crippen LogP contribution in [0.4, 0.5) is 0 Å². The first kappa shape index (κ1) is 12.1. The number of hydrogen-bond donors (Lipinski definition) is 0. The minimum absolute atomic E-state index is 0.0287. The van der Waals surface area contributed by atoms with Crippen molar-refractivity contribution in [2.75, 3.05) is 0 Å². The number of aromatic nitrogens is 2. The molecule has 0 N–H and O–H groups in total. The number of pyridine rings is 2. The van der Waals surface area contributed by atoms with Gasteiger partial charge >= 0.3 is 0 Å². The van der Waals surface area contributed by atoms with Gasteiger partial charge in [0.05, 0.1) is 0 Å². The first-order valence-electron chi connectivity index (χ1n) is 5.73. The van der Waals surface area contributed by atoms with Crippen LogP contribution >= 0.6 is 0 Å². The van der Waals surface area contributed by atoms with Crippen molar-refractivity contribution in [3.63, 3.8) is 0 Å². The van der Waals surface area contributed by atoms with E-state index in [1.807, 2.05) is 24.3 Å². The van der Waals surface area contributed by atoms with Crippen LogP contribution in [-0.4, -0.2) is 9.13 Å². The summed E-state index contributed by atoms with van der Waals surface area (Å²) in [7, 11) is 0. The lowest BCUT2D eigenvalue weighted by Crippen LogP contribution is -2.18. The maximum absolute atomic E-state index is 11.4. The summed E-state index contributed by atoms with van der Waals surface area (Å²) in [5.74, 6) is 0. The highest BCUT2D eigenvalue weighted by Gasteiger charge is 1.91. The van der Waals surface area contributed by atoms with Gasteiger partial charge in [-0.1, -0.05) is 24.3 Å². The summed E-state index contributed by atoms with van der Waals surface area (Å²) in [5.41, 5.74) is -0.0574. The summed E-state index contributed by atoms with van der Waals surface area (Å²) in [5, 5.41) is 0. The zero-order chi connectivity index (χ0) is 12.8. The van der Waals surface area contributed by atoms with Crippen molar-refractivity contribution in [1.29, 1.82) is 0 Å². The summed E-state index contributed by atoms with van der Waals surface area (Å²) in [6.07, 6.45) is 7.23. The molecule has 4 nitrogen and oxygen atoms in total. The number of hydrogen-bond acceptors (Lipinski definition) is 2. The van der Waals surface area contributed by atoms with E-state index in [0.29, 0.717) is 13.1 Å². The van der Waals surface area contributed by atoms with Gasteiger partial charge in [-0.3, -0.25) is 9.59 Å². The Kier molecular flexibility index (Phi) is 3.91. The molecule has 2 aromatic heterocycles. The van der Waals surface area contributed by atoms with Crippen molar-refractivity contribution >= 4 is 0 Å². The summed E-state index contributed by atoms with van der Waals surface area (Å²) in [6, 6.07) is 10.1. The second kappa shape index (κ2) is 5.82.